The predicted octanol–water partition coefficient (Wildman–Crippen LogP) is 3.36. The molecule has 3 aromatic rings. The van der Waals surface area contributed by atoms with Gasteiger partial charge in [-0.15, -0.1) is 0 Å². The van der Waals surface area contributed by atoms with E-state index in [1.54, 1.807) is 6.20 Å². The molecule has 0 aliphatic heterocycles. The molecule has 2 heterocycles. The van der Waals surface area contributed by atoms with Crippen molar-refractivity contribution < 1.29 is 0 Å². The smallest absolute Gasteiger partial charge is 0.229 e. The van der Waals surface area contributed by atoms with Crippen LogP contribution >= 0.6 is 0 Å². The van der Waals surface area contributed by atoms with E-state index in [0.717, 1.165) is 30.2 Å². The minimum Gasteiger partial charge on any atom is -0.366 e. The van der Waals surface area contributed by atoms with Gasteiger partial charge in [0.15, 0.2) is 0 Å². The maximum absolute atomic E-state index is 4.55. The number of nitrogens with one attached hydrogen (secondary N) is 2. The lowest BCUT2D eigenvalue weighted by atomic mass is 10.2. The van der Waals surface area contributed by atoms with Gasteiger partial charge in [0, 0.05) is 31.0 Å². The van der Waals surface area contributed by atoms with Gasteiger partial charge in [-0.05, 0) is 19.4 Å². The lowest BCUT2D eigenvalue weighted by Gasteiger charge is -2.10. The molecule has 0 radical (unpaired) electrons. The van der Waals surface area contributed by atoms with E-state index in [1.807, 2.05) is 49.1 Å². The van der Waals surface area contributed by atoms with Crippen LogP contribution in [0.4, 0.5) is 17.5 Å². The molecule has 0 aliphatic carbocycles. The van der Waals surface area contributed by atoms with Gasteiger partial charge in [0.05, 0.1) is 11.9 Å². The molecule has 0 unspecified atom stereocenters. The number of aromatic nitrogens is 4. The first-order valence-corrected chi connectivity index (χ1v) is 7.65. The summed E-state index contributed by atoms with van der Waals surface area (Å²) in [6.07, 6.45) is 5.51. The number of hydrogen-bond acceptors (Lipinski definition) is 5. The van der Waals surface area contributed by atoms with Crippen LogP contribution in [0.25, 0.3) is 0 Å². The van der Waals surface area contributed by atoms with E-state index < -0.39 is 0 Å². The summed E-state index contributed by atoms with van der Waals surface area (Å²) in [6, 6.07) is 10.2. The van der Waals surface area contributed by atoms with Crippen LogP contribution in [0.15, 0.2) is 48.9 Å². The second kappa shape index (κ2) is 6.91. The van der Waals surface area contributed by atoms with E-state index >= 15 is 0 Å². The van der Waals surface area contributed by atoms with Crippen molar-refractivity contribution in [2.45, 2.75) is 26.9 Å². The van der Waals surface area contributed by atoms with Gasteiger partial charge in [0.2, 0.25) is 5.95 Å². The van der Waals surface area contributed by atoms with Crippen molar-refractivity contribution in [3.63, 3.8) is 0 Å². The van der Waals surface area contributed by atoms with Crippen molar-refractivity contribution in [3.05, 3.63) is 60.0 Å². The van der Waals surface area contributed by atoms with Crippen molar-refractivity contribution in [1.29, 1.82) is 0 Å². The first-order valence-electron chi connectivity index (χ1n) is 7.65. The summed E-state index contributed by atoms with van der Waals surface area (Å²) in [5.41, 5.74) is 3.10. The van der Waals surface area contributed by atoms with Crippen molar-refractivity contribution in [3.8, 4) is 0 Å². The molecule has 0 aliphatic rings. The molecule has 2 N–H and O–H groups in total. The van der Waals surface area contributed by atoms with E-state index in [2.05, 4.69) is 37.8 Å². The third-order valence-corrected chi connectivity index (χ3v) is 3.49. The maximum Gasteiger partial charge on any atom is 0.229 e. The highest BCUT2D eigenvalue weighted by Gasteiger charge is 2.05. The zero-order chi connectivity index (χ0) is 16.1. The molecule has 23 heavy (non-hydrogen) atoms. The quantitative estimate of drug-likeness (QED) is 0.731. The number of aryl methyl sites for hydroxylation is 2. The largest absolute Gasteiger partial charge is 0.366 e. The van der Waals surface area contributed by atoms with Crippen LogP contribution in [0.3, 0.4) is 0 Å². The van der Waals surface area contributed by atoms with Gasteiger partial charge < -0.3 is 10.6 Å². The molecule has 0 bridgehead atoms. The molecule has 0 amide bonds. The third kappa shape index (κ3) is 3.85. The van der Waals surface area contributed by atoms with E-state index in [0.29, 0.717) is 5.95 Å². The van der Waals surface area contributed by atoms with Gasteiger partial charge in [-0.1, -0.05) is 30.3 Å². The Kier molecular flexibility index (Phi) is 4.52. The van der Waals surface area contributed by atoms with Crippen molar-refractivity contribution >= 4 is 17.5 Å². The Bertz CT molecular complexity index is 766. The van der Waals surface area contributed by atoms with E-state index in [1.165, 1.54) is 5.56 Å². The van der Waals surface area contributed by atoms with Gasteiger partial charge in [0.1, 0.15) is 5.82 Å². The molecule has 118 valence electrons. The van der Waals surface area contributed by atoms with Crippen LogP contribution in [-0.2, 0) is 13.1 Å². The first kappa shape index (κ1) is 15.0. The van der Waals surface area contributed by atoms with E-state index in [-0.39, 0.29) is 0 Å². The van der Waals surface area contributed by atoms with Gasteiger partial charge in [-0.25, -0.2) is 4.98 Å². The second-order valence-electron chi connectivity index (χ2n) is 5.27. The zero-order valence-corrected chi connectivity index (χ0v) is 13.3. The van der Waals surface area contributed by atoms with Gasteiger partial charge in [-0.2, -0.15) is 10.1 Å². The fraction of sp³-hybridized carbons (Fsp3) is 0.235. The molecular formula is C17H20N6. The Hall–Kier alpha value is -2.89. The summed E-state index contributed by atoms with van der Waals surface area (Å²) >= 11 is 0. The first-order chi connectivity index (χ1) is 11.2. The fourth-order valence-electron chi connectivity index (χ4n) is 2.19. The molecular weight excluding hydrogens is 288 g/mol. The van der Waals surface area contributed by atoms with Gasteiger partial charge >= 0.3 is 0 Å². The molecule has 0 saturated carbocycles. The highest BCUT2D eigenvalue weighted by atomic mass is 15.3. The molecule has 0 atom stereocenters. The Labute approximate surface area is 135 Å². The Morgan fingerprint density at radius 3 is 2.70 bits per heavy atom. The highest BCUT2D eigenvalue weighted by Crippen LogP contribution is 2.17. The van der Waals surface area contributed by atoms with Crippen molar-refractivity contribution in [2.24, 2.45) is 0 Å². The average molecular weight is 308 g/mol. The Morgan fingerprint density at radius 1 is 1.13 bits per heavy atom. The van der Waals surface area contributed by atoms with Crippen LogP contribution in [-0.4, -0.2) is 19.7 Å². The minimum absolute atomic E-state index is 0.557. The van der Waals surface area contributed by atoms with Crippen LogP contribution in [0, 0.1) is 6.92 Å². The molecule has 0 spiro atoms. The summed E-state index contributed by atoms with van der Waals surface area (Å²) in [7, 11) is 0. The summed E-state index contributed by atoms with van der Waals surface area (Å²) in [4.78, 5) is 8.87. The van der Waals surface area contributed by atoms with Crippen molar-refractivity contribution in [1.82, 2.24) is 19.7 Å². The van der Waals surface area contributed by atoms with Crippen LogP contribution < -0.4 is 10.6 Å². The van der Waals surface area contributed by atoms with E-state index in [9.17, 15) is 0 Å². The summed E-state index contributed by atoms with van der Waals surface area (Å²) in [5, 5.41) is 10.8. The Balaban J connectivity index is 1.71. The standard InChI is InChI=1S/C17H20N6/c1-3-23-12-15(11-20-23)21-17-19-9-13(2)16(22-17)18-10-14-7-5-4-6-8-14/h4-9,11-12H,3,10H2,1-2H3,(H2,18,19,21,22). The summed E-state index contributed by atoms with van der Waals surface area (Å²) < 4.78 is 1.85. The van der Waals surface area contributed by atoms with Crippen LogP contribution in [0.5, 0.6) is 0 Å². The topological polar surface area (TPSA) is 67.7 Å². The lowest BCUT2D eigenvalue weighted by Crippen LogP contribution is -2.06. The summed E-state index contributed by atoms with van der Waals surface area (Å²) in [5.74, 6) is 1.39. The van der Waals surface area contributed by atoms with Crippen LogP contribution in [0.1, 0.15) is 18.1 Å². The minimum atomic E-state index is 0.557. The highest BCUT2D eigenvalue weighted by molar-refractivity contribution is 5.54. The molecule has 6 heteroatoms. The summed E-state index contributed by atoms with van der Waals surface area (Å²) in [6.45, 7) is 5.60. The SMILES string of the molecule is CCn1cc(Nc2ncc(C)c(NCc3ccccc3)n2)cn1. The Morgan fingerprint density at radius 2 is 1.96 bits per heavy atom. The van der Waals surface area contributed by atoms with Crippen LogP contribution in [0.2, 0.25) is 0 Å². The molecule has 2 aromatic heterocycles. The fourth-order valence-corrected chi connectivity index (χ4v) is 2.19. The number of rotatable bonds is 6. The van der Waals surface area contributed by atoms with Gasteiger partial charge in [-0.3, -0.25) is 4.68 Å². The van der Waals surface area contributed by atoms with Gasteiger partial charge in [0.25, 0.3) is 0 Å². The average Bonchev–Trinajstić information content (AvgIpc) is 3.04. The number of benzene rings is 1. The van der Waals surface area contributed by atoms with Crippen molar-refractivity contribution in [2.75, 3.05) is 10.6 Å². The molecule has 0 saturated heterocycles. The lowest BCUT2D eigenvalue weighted by molar-refractivity contribution is 0.660. The zero-order valence-electron chi connectivity index (χ0n) is 13.3. The molecule has 3 rings (SSSR count). The number of hydrogen-bond donors (Lipinski definition) is 2. The number of anilines is 3. The number of nitrogens with zero attached hydrogens (tertiary/aromatic N) is 4. The second-order valence-corrected chi connectivity index (χ2v) is 5.27. The third-order valence-electron chi connectivity index (χ3n) is 3.49. The predicted molar refractivity (Wildman–Crippen MR) is 91.7 cm³/mol. The monoisotopic (exact) mass is 308 g/mol. The molecule has 1 aromatic carbocycles. The molecule has 0 fully saturated rings. The maximum atomic E-state index is 4.55. The van der Waals surface area contributed by atoms with E-state index in [4.69, 9.17) is 0 Å². The molecule has 6 nitrogen and oxygen atoms in total. The normalized spacial score (nSPS) is 10.5.